The lowest BCUT2D eigenvalue weighted by atomic mass is 9.55. The first-order chi connectivity index (χ1) is 15.0. The van der Waals surface area contributed by atoms with Gasteiger partial charge in [0.2, 0.25) is 0 Å². The lowest BCUT2D eigenvalue weighted by molar-refractivity contribution is -0.177. The second kappa shape index (κ2) is 7.99. The molecule has 32 heavy (non-hydrogen) atoms. The minimum atomic E-state index is -1.14. The van der Waals surface area contributed by atoms with Crippen LogP contribution in [0.5, 0.6) is 0 Å². The number of rotatable bonds is 3. The molecule has 1 aliphatic heterocycles. The van der Waals surface area contributed by atoms with Gasteiger partial charge in [-0.1, -0.05) is 18.6 Å². The molecule has 172 valence electrons. The van der Waals surface area contributed by atoms with E-state index in [0.29, 0.717) is 19.5 Å². The number of halogens is 1. The number of piperidine rings is 1. The first kappa shape index (κ1) is 22.5. The van der Waals surface area contributed by atoms with Crippen molar-refractivity contribution in [2.24, 2.45) is 5.41 Å². The van der Waals surface area contributed by atoms with Gasteiger partial charge in [-0.25, -0.2) is 14.2 Å². The van der Waals surface area contributed by atoms with Crippen LogP contribution in [0.25, 0.3) is 11.3 Å². The molecule has 0 bridgehead atoms. The predicted molar refractivity (Wildman–Crippen MR) is 118 cm³/mol. The van der Waals surface area contributed by atoms with Gasteiger partial charge in [0.15, 0.2) is 0 Å². The van der Waals surface area contributed by atoms with Gasteiger partial charge in [-0.15, -0.1) is 0 Å². The van der Waals surface area contributed by atoms with Gasteiger partial charge in [0.25, 0.3) is 5.56 Å². The highest BCUT2D eigenvalue weighted by atomic mass is 19.1. The van der Waals surface area contributed by atoms with Crippen molar-refractivity contribution in [1.82, 2.24) is 14.5 Å². The molecule has 4 rings (SSSR count). The van der Waals surface area contributed by atoms with Crippen LogP contribution in [-0.2, 0) is 11.3 Å². The minimum absolute atomic E-state index is 0.0819. The molecule has 1 amide bonds. The summed E-state index contributed by atoms with van der Waals surface area (Å²) < 4.78 is 21.0. The molecule has 1 atom stereocenters. The molecule has 2 aliphatic rings. The summed E-state index contributed by atoms with van der Waals surface area (Å²) in [5, 5.41) is 11.7. The Bertz CT molecular complexity index is 1070. The first-order valence-electron chi connectivity index (χ1n) is 11.0. The molecule has 1 saturated carbocycles. The van der Waals surface area contributed by atoms with Crippen LogP contribution in [0.3, 0.4) is 0 Å². The van der Waals surface area contributed by atoms with E-state index < -0.39 is 22.4 Å². The van der Waals surface area contributed by atoms with Gasteiger partial charge >= 0.3 is 6.09 Å². The van der Waals surface area contributed by atoms with Gasteiger partial charge in [-0.2, -0.15) is 0 Å². The predicted octanol–water partition coefficient (Wildman–Crippen LogP) is 3.59. The van der Waals surface area contributed by atoms with E-state index in [1.165, 1.54) is 23.0 Å². The van der Waals surface area contributed by atoms with Gasteiger partial charge in [0.1, 0.15) is 11.4 Å². The van der Waals surface area contributed by atoms with E-state index in [1.807, 2.05) is 20.8 Å². The molecule has 1 N–H and O–H groups in total. The molecule has 1 spiro atoms. The van der Waals surface area contributed by atoms with Gasteiger partial charge in [-0.3, -0.25) is 9.36 Å². The van der Waals surface area contributed by atoms with E-state index in [9.17, 15) is 19.1 Å². The number of hydrogen-bond donors (Lipinski definition) is 1. The third-order valence-electron chi connectivity index (χ3n) is 6.70. The molecular weight excluding hydrogens is 413 g/mol. The molecule has 0 radical (unpaired) electrons. The Morgan fingerprint density at radius 3 is 2.56 bits per heavy atom. The van der Waals surface area contributed by atoms with Crippen LogP contribution >= 0.6 is 0 Å². The van der Waals surface area contributed by atoms with Gasteiger partial charge in [-0.05, 0) is 52.2 Å². The SMILES string of the molecule is CC(C)(C)OC(=O)N1CC[C@](O)(Cn2cnc(-c3ccccc3F)cc2=O)C2(CCC2)C1. The number of benzene rings is 1. The molecule has 0 unspecified atom stereocenters. The summed E-state index contributed by atoms with van der Waals surface area (Å²) >= 11 is 0. The molecule has 2 heterocycles. The van der Waals surface area contributed by atoms with Crippen LogP contribution in [0.2, 0.25) is 0 Å². The number of nitrogens with zero attached hydrogens (tertiary/aromatic N) is 3. The highest BCUT2D eigenvalue weighted by Crippen LogP contribution is 2.54. The van der Waals surface area contributed by atoms with Crippen molar-refractivity contribution in [3.63, 3.8) is 0 Å². The van der Waals surface area contributed by atoms with Crippen LogP contribution in [-0.4, -0.2) is 49.9 Å². The highest BCUT2D eigenvalue weighted by molar-refractivity contribution is 5.68. The van der Waals surface area contributed by atoms with Gasteiger partial charge in [0.05, 0.1) is 24.2 Å². The number of aromatic nitrogens is 2. The molecule has 8 heteroatoms. The van der Waals surface area contributed by atoms with E-state index in [0.717, 1.165) is 19.3 Å². The molecule has 1 saturated heterocycles. The second-order valence-electron chi connectivity index (χ2n) is 10.0. The summed E-state index contributed by atoms with van der Waals surface area (Å²) in [7, 11) is 0. The van der Waals surface area contributed by atoms with E-state index in [4.69, 9.17) is 4.74 Å². The quantitative estimate of drug-likeness (QED) is 0.784. The van der Waals surface area contributed by atoms with E-state index >= 15 is 0 Å². The molecule has 2 fully saturated rings. The van der Waals surface area contributed by atoms with Crippen LogP contribution in [0.15, 0.2) is 41.5 Å². The van der Waals surface area contributed by atoms with Gasteiger partial charge < -0.3 is 14.7 Å². The number of carbonyl (C=O) groups excluding carboxylic acids is 1. The zero-order chi connectivity index (χ0) is 23.1. The van der Waals surface area contributed by atoms with E-state index in [-0.39, 0.29) is 29.5 Å². The third-order valence-corrected chi connectivity index (χ3v) is 6.70. The van der Waals surface area contributed by atoms with E-state index in [1.54, 1.807) is 23.1 Å². The Balaban J connectivity index is 1.55. The zero-order valence-corrected chi connectivity index (χ0v) is 18.8. The first-order valence-corrected chi connectivity index (χ1v) is 11.0. The van der Waals surface area contributed by atoms with Crippen molar-refractivity contribution < 1.29 is 19.0 Å². The van der Waals surface area contributed by atoms with Crippen LogP contribution < -0.4 is 5.56 Å². The maximum atomic E-state index is 14.1. The fraction of sp³-hybridized carbons (Fsp3) is 0.542. The van der Waals surface area contributed by atoms with Crippen molar-refractivity contribution in [3.05, 3.63) is 52.8 Å². The normalized spacial score (nSPS) is 22.5. The molecule has 1 aromatic heterocycles. The summed E-state index contributed by atoms with van der Waals surface area (Å²) in [6, 6.07) is 7.46. The van der Waals surface area contributed by atoms with Crippen molar-refractivity contribution in [2.75, 3.05) is 13.1 Å². The number of carbonyl (C=O) groups is 1. The molecule has 1 aromatic carbocycles. The number of ether oxygens (including phenoxy) is 1. The van der Waals surface area contributed by atoms with Crippen LogP contribution in [0.4, 0.5) is 9.18 Å². The molecule has 7 nitrogen and oxygen atoms in total. The van der Waals surface area contributed by atoms with Crippen LogP contribution in [0.1, 0.15) is 46.5 Å². The fourth-order valence-electron chi connectivity index (χ4n) is 4.78. The summed E-state index contributed by atoms with van der Waals surface area (Å²) in [6.07, 6.45) is 3.85. The molecule has 1 aliphatic carbocycles. The number of aliphatic hydroxyl groups is 1. The minimum Gasteiger partial charge on any atom is -0.444 e. The number of amides is 1. The van der Waals surface area contributed by atoms with Crippen molar-refractivity contribution in [3.8, 4) is 11.3 Å². The smallest absolute Gasteiger partial charge is 0.410 e. The average Bonchev–Trinajstić information content (AvgIpc) is 2.67. The lowest BCUT2D eigenvalue weighted by Gasteiger charge is -2.58. The summed E-state index contributed by atoms with van der Waals surface area (Å²) in [4.78, 5) is 31.3. The maximum Gasteiger partial charge on any atom is 0.410 e. The number of hydrogen-bond acceptors (Lipinski definition) is 5. The summed E-state index contributed by atoms with van der Waals surface area (Å²) in [5.41, 5.74) is -2.04. The average molecular weight is 444 g/mol. The van der Waals surface area contributed by atoms with Crippen LogP contribution in [0, 0.1) is 11.2 Å². The lowest BCUT2D eigenvalue weighted by Crippen LogP contribution is -2.65. The topological polar surface area (TPSA) is 84.7 Å². The molecular formula is C24H30FN3O4. The summed E-state index contributed by atoms with van der Waals surface area (Å²) in [6.45, 7) is 6.31. The monoisotopic (exact) mass is 443 g/mol. The van der Waals surface area contributed by atoms with Crippen molar-refractivity contribution in [1.29, 1.82) is 0 Å². The van der Waals surface area contributed by atoms with Crippen molar-refractivity contribution in [2.45, 2.75) is 64.2 Å². The van der Waals surface area contributed by atoms with Crippen molar-refractivity contribution >= 4 is 6.09 Å². The largest absolute Gasteiger partial charge is 0.444 e. The van der Waals surface area contributed by atoms with E-state index in [2.05, 4.69) is 4.98 Å². The molecule has 2 aromatic rings. The Morgan fingerprint density at radius 2 is 1.97 bits per heavy atom. The maximum absolute atomic E-state index is 14.1. The zero-order valence-electron chi connectivity index (χ0n) is 18.8. The second-order valence-corrected chi connectivity index (χ2v) is 10.0. The Labute approximate surface area is 186 Å². The Kier molecular flexibility index (Phi) is 5.61. The fourth-order valence-corrected chi connectivity index (χ4v) is 4.78. The third kappa shape index (κ3) is 4.16. The summed E-state index contributed by atoms with van der Waals surface area (Å²) in [5.74, 6) is -0.446. The standard InChI is InChI=1S/C24H30FN3O4/c1-22(2,3)32-21(30)27-12-11-24(31,23(14-27)9-6-10-23)15-28-16-26-19(13-20(28)29)17-7-4-5-8-18(17)25/h4-5,7-8,13,16,31H,6,9-12,14-15H2,1-3H3/t24-/m0/s1. The Morgan fingerprint density at radius 1 is 1.25 bits per heavy atom. The van der Waals surface area contributed by atoms with Gasteiger partial charge in [0, 0.05) is 30.1 Å². The number of likely N-dealkylation sites (tertiary alicyclic amines) is 1. The highest BCUT2D eigenvalue weighted by Gasteiger charge is 2.58. The Hall–Kier alpha value is -2.74.